The largest absolute Gasteiger partial charge is 0.270 e. The van der Waals surface area contributed by atoms with E-state index in [9.17, 15) is 10.1 Å². The highest BCUT2D eigenvalue weighted by molar-refractivity contribution is 5.91. The summed E-state index contributed by atoms with van der Waals surface area (Å²) >= 11 is 0. The molecule has 4 rings (SSSR count). The number of nitro benzene ring substituents is 1. The van der Waals surface area contributed by atoms with E-state index in [4.69, 9.17) is 0 Å². The van der Waals surface area contributed by atoms with Crippen molar-refractivity contribution in [2.45, 2.75) is 0 Å². The van der Waals surface area contributed by atoms with Gasteiger partial charge in [-0.25, -0.2) is 14.5 Å². The van der Waals surface area contributed by atoms with E-state index in [1.807, 2.05) is 24.3 Å². The minimum absolute atomic E-state index is 0.0133. The molecule has 0 saturated heterocycles. The van der Waals surface area contributed by atoms with Crippen LogP contribution in [0.1, 0.15) is 0 Å². The van der Waals surface area contributed by atoms with Crippen LogP contribution < -0.4 is 0 Å². The second-order valence-corrected chi connectivity index (χ2v) is 4.77. The zero-order chi connectivity index (χ0) is 15.1. The molecule has 0 spiro atoms. The van der Waals surface area contributed by atoms with Gasteiger partial charge in [-0.1, -0.05) is 24.3 Å². The second kappa shape index (κ2) is 4.59. The van der Waals surface area contributed by atoms with Gasteiger partial charge in [0, 0.05) is 23.1 Å². The molecule has 0 aliphatic rings. The lowest BCUT2D eigenvalue weighted by Crippen LogP contribution is -1.91. The topological polar surface area (TPSA) is 86.2 Å². The fourth-order valence-electron chi connectivity index (χ4n) is 2.36. The predicted octanol–water partition coefficient (Wildman–Crippen LogP) is 2.85. The number of hydrogen-bond donors (Lipinski definition) is 0. The molecule has 0 amide bonds. The first-order valence-corrected chi connectivity index (χ1v) is 6.57. The Morgan fingerprint density at radius 2 is 1.95 bits per heavy atom. The Kier molecular flexibility index (Phi) is 2.59. The summed E-state index contributed by atoms with van der Waals surface area (Å²) < 4.78 is 1.58. The van der Waals surface area contributed by atoms with E-state index in [1.54, 1.807) is 23.0 Å². The average molecular weight is 291 g/mol. The van der Waals surface area contributed by atoms with Gasteiger partial charge in [0.15, 0.2) is 11.5 Å². The zero-order valence-electron chi connectivity index (χ0n) is 11.2. The minimum atomic E-state index is -0.434. The minimum Gasteiger partial charge on any atom is -0.258 e. The molecular weight excluding hydrogens is 282 g/mol. The SMILES string of the molecule is O=[N+]([O-])c1cccc(-c2nc3c4ccccc4ncn3n2)c1. The molecule has 2 heterocycles. The molecule has 0 N–H and O–H groups in total. The van der Waals surface area contributed by atoms with Crippen molar-refractivity contribution >= 4 is 22.2 Å². The molecule has 0 saturated carbocycles. The van der Waals surface area contributed by atoms with Crippen LogP contribution in [0, 0.1) is 10.1 Å². The third kappa shape index (κ3) is 1.87. The first-order valence-electron chi connectivity index (χ1n) is 6.57. The summed E-state index contributed by atoms with van der Waals surface area (Å²) in [6, 6.07) is 13.9. The second-order valence-electron chi connectivity index (χ2n) is 4.77. The Bertz CT molecular complexity index is 1020. The van der Waals surface area contributed by atoms with Gasteiger partial charge in [0.1, 0.15) is 6.33 Å². The van der Waals surface area contributed by atoms with Crippen molar-refractivity contribution in [3.8, 4) is 11.4 Å². The van der Waals surface area contributed by atoms with E-state index in [2.05, 4.69) is 15.1 Å². The molecule has 22 heavy (non-hydrogen) atoms. The zero-order valence-corrected chi connectivity index (χ0v) is 11.2. The van der Waals surface area contributed by atoms with E-state index in [1.165, 1.54) is 12.1 Å². The van der Waals surface area contributed by atoms with Crippen LogP contribution in [0.2, 0.25) is 0 Å². The Balaban J connectivity index is 1.95. The molecule has 7 heteroatoms. The van der Waals surface area contributed by atoms with E-state index in [0.29, 0.717) is 17.0 Å². The van der Waals surface area contributed by atoms with Crippen LogP contribution in [0.25, 0.3) is 27.9 Å². The number of fused-ring (bicyclic) bond motifs is 3. The van der Waals surface area contributed by atoms with Crippen LogP contribution >= 0.6 is 0 Å². The number of hydrogen-bond acceptors (Lipinski definition) is 5. The molecular formula is C15H9N5O2. The van der Waals surface area contributed by atoms with Gasteiger partial charge < -0.3 is 0 Å². The summed E-state index contributed by atoms with van der Waals surface area (Å²) in [6.45, 7) is 0. The summed E-state index contributed by atoms with van der Waals surface area (Å²) in [4.78, 5) is 19.3. The van der Waals surface area contributed by atoms with Crippen molar-refractivity contribution < 1.29 is 4.92 Å². The maximum atomic E-state index is 10.9. The van der Waals surface area contributed by atoms with Crippen LogP contribution in [0.3, 0.4) is 0 Å². The first-order chi connectivity index (χ1) is 10.7. The fraction of sp³-hybridized carbons (Fsp3) is 0. The molecule has 4 aromatic rings. The van der Waals surface area contributed by atoms with Crippen LogP contribution in [-0.2, 0) is 0 Å². The number of benzene rings is 2. The van der Waals surface area contributed by atoms with E-state index in [-0.39, 0.29) is 5.69 Å². The van der Waals surface area contributed by atoms with E-state index < -0.39 is 4.92 Å². The molecule has 7 nitrogen and oxygen atoms in total. The Labute approximate surface area is 124 Å². The summed E-state index contributed by atoms with van der Waals surface area (Å²) in [5.74, 6) is 0.432. The van der Waals surface area contributed by atoms with E-state index >= 15 is 0 Å². The highest BCUT2D eigenvalue weighted by Gasteiger charge is 2.12. The van der Waals surface area contributed by atoms with Crippen molar-refractivity contribution in [1.29, 1.82) is 0 Å². The average Bonchev–Trinajstić information content (AvgIpc) is 2.99. The summed E-state index contributed by atoms with van der Waals surface area (Å²) in [6.07, 6.45) is 1.59. The molecule has 0 bridgehead atoms. The van der Waals surface area contributed by atoms with Crippen LogP contribution in [0.4, 0.5) is 5.69 Å². The standard InChI is InChI=1S/C15H9N5O2/c21-20(22)11-5-3-4-10(8-11)14-17-15-12-6-1-2-7-13(12)16-9-19(15)18-14/h1-9H. The van der Waals surface area contributed by atoms with Crippen molar-refractivity contribution in [3.63, 3.8) is 0 Å². The molecule has 0 aliphatic carbocycles. The van der Waals surface area contributed by atoms with Crippen LogP contribution in [-0.4, -0.2) is 24.5 Å². The number of para-hydroxylation sites is 1. The molecule has 106 valence electrons. The third-order valence-electron chi connectivity index (χ3n) is 3.40. The maximum Gasteiger partial charge on any atom is 0.270 e. The maximum absolute atomic E-state index is 10.9. The number of aromatic nitrogens is 4. The summed E-state index contributed by atoms with van der Waals surface area (Å²) in [5.41, 5.74) is 2.11. The van der Waals surface area contributed by atoms with Crippen molar-refractivity contribution in [2.24, 2.45) is 0 Å². The Hall–Kier alpha value is -3.35. The Morgan fingerprint density at radius 1 is 1.09 bits per heavy atom. The van der Waals surface area contributed by atoms with Crippen molar-refractivity contribution in [3.05, 3.63) is 65.0 Å². The number of non-ortho nitro benzene ring substituents is 1. The van der Waals surface area contributed by atoms with Gasteiger partial charge in [0.05, 0.1) is 10.4 Å². The lowest BCUT2D eigenvalue weighted by atomic mass is 10.2. The molecule has 0 unspecified atom stereocenters. The molecule has 0 atom stereocenters. The van der Waals surface area contributed by atoms with Crippen molar-refractivity contribution in [2.75, 3.05) is 0 Å². The lowest BCUT2D eigenvalue weighted by molar-refractivity contribution is -0.384. The molecule has 0 fully saturated rings. The lowest BCUT2D eigenvalue weighted by Gasteiger charge is -1.96. The fourth-order valence-corrected chi connectivity index (χ4v) is 2.36. The van der Waals surface area contributed by atoms with Gasteiger partial charge in [0.25, 0.3) is 5.69 Å². The van der Waals surface area contributed by atoms with Crippen LogP contribution in [0.5, 0.6) is 0 Å². The van der Waals surface area contributed by atoms with Crippen LogP contribution in [0.15, 0.2) is 54.9 Å². The molecule has 0 radical (unpaired) electrons. The monoisotopic (exact) mass is 291 g/mol. The summed E-state index contributed by atoms with van der Waals surface area (Å²) in [7, 11) is 0. The molecule has 2 aromatic carbocycles. The van der Waals surface area contributed by atoms with Gasteiger partial charge in [0.2, 0.25) is 0 Å². The normalized spacial score (nSPS) is 11.1. The Morgan fingerprint density at radius 3 is 2.82 bits per heavy atom. The highest BCUT2D eigenvalue weighted by atomic mass is 16.6. The third-order valence-corrected chi connectivity index (χ3v) is 3.40. The van der Waals surface area contributed by atoms with Gasteiger partial charge in [-0.05, 0) is 12.1 Å². The highest BCUT2D eigenvalue weighted by Crippen LogP contribution is 2.23. The molecule has 0 aliphatic heterocycles. The summed E-state index contributed by atoms with van der Waals surface area (Å²) in [5, 5.41) is 16.1. The van der Waals surface area contributed by atoms with Gasteiger partial charge in [-0.15, -0.1) is 5.10 Å². The quantitative estimate of drug-likeness (QED) is 0.418. The van der Waals surface area contributed by atoms with Gasteiger partial charge >= 0.3 is 0 Å². The van der Waals surface area contributed by atoms with Crippen molar-refractivity contribution in [1.82, 2.24) is 19.6 Å². The van der Waals surface area contributed by atoms with E-state index in [0.717, 1.165) is 10.9 Å². The van der Waals surface area contributed by atoms with Gasteiger partial charge in [-0.3, -0.25) is 10.1 Å². The number of nitro groups is 1. The number of rotatable bonds is 2. The molecule has 2 aromatic heterocycles. The smallest absolute Gasteiger partial charge is 0.258 e. The van der Waals surface area contributed by atoms with Gasteiger partial charge in [-0.2, -0.15) is 0 Å². The number of nitrogens with zero attached hydrogens (tertiary/aromatic N) is 5. The first kappa shape index (κ1) is 12.4. The predicted molar refractivity (Wildman–Crippen MR) is 80.4 cm³/mol.